The molecule has 0 radical (unpaired) electrons. The van der Waals surface area contributed by atoms with Gasteiger partial charge in [0.25, 0.3) is 0 Å². The maximum absolute atomic E-state index is 7.07. The van der Waals surface area contributed by atoms with E-state index in [9.17, 15) is 0 Å². The van der Waals surface area contributed by atoms with Gasteiger partial charge in [-0.25, -0.2) is 0 Å². The van der Waals surface area contributed by atoms with Crippen molar-refractivity contribution in [1.29, 1.82) is 0 Å². The van der Waals surface area contributed by atoms with E-state index < -0.39 is 9.04 Å². The summed E-state index contributed by atoms with van der Waals surface area (Å²) in [4.78, 5) is 0. The number of allylic oxidation sites excluding steroid dienone is 4. The maximum Gasteiger partial charge on any atom is 0.240 e. The molecule has 1 atom stereocenters. The molecule has 0 spiro atoms. The van der Waals surface area contributed by atoms with Gasteiger partial charge in [-0.3, -0.25) is 0 Å². The van der Waals surface area contributed by atoms with Crippen molar-refractivity contribution in [3.8, 4) is 0 Å². The molecule has 2 aromatic rings. The molecule has 0 aliphatic heterocycles. The highest BCUT2D eigenvalue weighted by Crippen LogP contribution is 2.28. The van der Waals surface area contributed by atoms with Crippen molar-refractivity contribution >= 4 is 19.4 Å². The highest BCUT2D eigenvalue weighted by Gasteiger charge is 2.30. The first kappa shape index (κ1) is 38.3. The van der Waals surface area contributed by atoms with E-state index >= 15 is 0 Å². The van der Waals surface area contributed by atoms with E-state index in [1.165, 1.54) is 132 Å². The molecule has 2 heteroatoms. The predicted molar refractivity (Wildman–Crippen MR) is 200 cm³/mol. The molecule has 0 bridgehead atoms. The zero-order valence-corrected chi connectivity index (χ0v) is 30.4. The average Bonchev–Trinajstić information content (AvgIpc) is 3.03. The van der Waals surface area contributed by atoms with Crippen molar-refractivity contribution in [3.63, 3.8) is 0 Å². The van der Waals surface area contributed by atoms with E-state index in [1.807, 2.05) is 0 Å². The fourth-order valence-electron chi connectivity index (χ4n) is 6.06. The second kappa shape index (κ2) is 25.3. The first-order valence-electron chi connectivity index (χ1n) is 18.6. The van der Waals surface area contributed by atoms with E-state index in [2.05, 4.69) is 113 Å². The Morgan fingerprint density at radius 3 is 1.27 bits per heavy atom. The fourth-order valence-corrected chi connectivity index (χ4v) is 8.77. The Morgan fingerprint density at radius 1 is 0.523 bits per heavy atom. The lowest BCUT2D eigenvalue weighted by molar-refractivity contribution is 0.0788. The van der Waals surface area contributed by atoms with Crippen LogP contribution in [-0.4, -0.2) is 15.1 Å². The van der Waals surface area contributed by atoms with Crippen molar-refractivity contribution in [2.24, 2.45) is 5.41 Å². The third-order valence-electron chi connectivity index (χ3n) is 8.87. The molecule has 0 aliphatic rings. The van der Waals surface area contributed by atoms with Crippen molar-refractivity contribution < 1.29 is 4.43 Å². The minimum atomic E-state index is -1.72. The number of hydrogen-bond donors (Lipinski definition) is 0. The Hall–Kier alpha value is -1.90. The van der Waals surface area contributed by atoms with Crippen LogP contribution in [0.1, 0.15) is 156 Å². The van der Waals surface area contributed by atoms with Gasteiger partial charge >= 0.3 is 0 Å². The summed E-state index contributed by atoms with van der Waals surface area (Å²) < 4.78 is 7.07. The third-order valence-corrected chi connectivity index (χ3v) is 11.5. The number of rotatable bonds is 26. The van der Waals surface area contributed by atoms with E-state index in [0.29, 0.717) is 6.10 Å². The molecule has 0 fully saturated rings. The zero-order valence-electron chi connectivity index (χ0n) is 29.3. The van der Waals surface area contributed by atoms with Crippen LogP contribution in [0.3, 0.4) is 0 Å². The van der Waals surface area contributed by atoms with E-state index in [0.717, 1.165) is 6.42 Å². The molecular weight excluding hydrogens is 549 g/mol. The minimum absolute atomic E-state index is 0.147. The summed E-state index contributed by atoms with van der Waals surface area (Å²) in [5, 5.41) is 2.76. The average molecular weight is 617 g/mol. The van der Waals surface area contributed by atoms with Crippen LogP contribution < -0.4 is 10.4 Å². The highest BCUT2D eigenvalue weighted by atomic mass is 28.3. The standard InChI is InChI=1S/C42H68OSi/c1-5-6-7-8-9-10-11-12-13-14-15-16-17-18-19-20-21-22-23-24-25-26-33-38-41(42(2,3)4)43-44(39-34-29-27-30-35-39)40-36-31-28-32-37-40/h6-7,17-18,27-32,34-37,41,44H,5,8-16,19-26,33,38H2,1-4H3. The number of unbranched alkanes of at least 4 members (excludes halogenated alkanes) is 16. The van der Waals surface area contributed by atoms with Crippen LogP contribution in [0.5, 0.6) is 0 Å². The topological polar surface area (TPSA) is 9.23 Å². The van der Waals surface area contributed by atoms with Gasteiger partial charge in [-0.1, -0.05) is 190 Å². The van der Waals surface area contributed by atoms with Crippen LogP contribution in [0.25, 0.3) is 0 Å². The summed E-state index contributed by atoms with van der Waals surface area (Å²) in [5.74, 6) is 0. The van der Waals surface area contributed by atoms with Gasteiger partial charge in [-0.15, -0.1) is 0 Å². The summed E-state index contributed by atoms with van der Waals surface area (Å²) in [6.45, 7) is 9.27. The number of benzene rings is 2. The predicted octanol–water partition coefficient (Wildman–Crippen LogP) is 11.9. The molecule has 0 heterocycles. The summed E-state index contributed by atoms with van der Waals surface area (Å²) in [6.07, 6.45) is 36.8. The maximum atomic E-state index is 7.07. The highest BCUT2D eigenvalue weighted by molar-refractivity contribution is 6.80. The van der Waals surface area contributed by atoms with Gasteiger partial charge in [0.15, 0.2) is 0 Å². The largest absolute Gasteiger partial charge is 0.407 e. The van der Waals surface area contributed by atoms with Crippen LogP contribution in [0.15, 0.2) is 85.0 Å². The zero-order chi connectivity index (χ0) is 31.6. The summed E-state index contributed by atoms with van der Waals surface area (Å²) >= 11 is 0. The second-order valence-corrected chi connectivity index (χ2v) is 16.4. The Morgan fingerprint density at radius 2 is 0.886 bits per heavy atom. The molecule has 0 aliphatic carbocycles. The molecule has 0 aromatic heterocycles. The molecule has 1 nitrogen and oxygen atoms in total. The Bertz CT molecular complexity index is 919. The Kier molecular flexibility index (Phi) is 22.0. The summed E-state index contributed by atoms with van der Waals surface area (Å²) in [5.41, 5.74) is 0.147. The first-order chi connectivity index (χ1) is 21.5. The van der Waals surface area contributed by atoms with Crippen molar-refractivity contribution in [2.45, 2.75) is 162 Å². The van der Waals surface area contributed by atoms with Gasteiger partial charge < -0.3 is 4.43 Å². The lowest BCUT2D eigenvalue weighted by atomic mass is 9.86. The normalized spacial score (nSPS) is 13.0. The van der Waals surface area contributed by atoms with Gasteiger partial charge in [0.1, 0.15) is 0 Å². The molecule has 2 aromatic carbocycles. The van der Waals surface area contributed by atoms with Crippen LogP contribution in [0.2, 0.25) is 0 Å². The Balaban J connectivity index is 1.48. The molecule has 1 unspecified atom stereocenters. The van der Waals surface area contributed by atoms with Crippen LogP contribution >= 0.6 is 0 Å². The van der Waals surface area contributed by atoms with Gasteiger partial charge in [0, 0.05) is 0 Å². The smallest absolute Gasteiger partial charge is 0.240 e. The Labute approximate surface area is 275 Å². The van der Waals surface area contributed by atoms with Gasteiger partial charge in [0.2, 0.25) is 9.04 Å². The fraction of sp³-hybridized carbons (Fsp3) is 0.619. The van der Waals surface area contributed by atoms with Crippen LogP contribution in [0.4, 0.5) is 0 Å². The van der Waals surface area contributed by atoms with Crippen molar-refractivity contribution in [3.05, 3.63) is 85.0 Å². The van der Waals surface area contributed by atoms with Crippen molar-refractivity contribution in [2.75, 3.05) is 0 Å². The lowest BCUT2D eigenvalue weighted by Crippen LogP contribution is -2.49. The monoisotopic (exact) mass is 617 g/mol. The van der Waals surface area contributed by atoms with E-state index in [1.54, 1.807) is 0 Å². The van der Waals surface area contributed by atoms with Gasteiger partial charge in [-0.2, -0.15) is 0 Å². The SMILES string of the molecule is CCC=CCCCCCCCCCC=CCCCCCCCCCCC(O[SiH](c1ccccc1)c1ccccc1)C(C)(C)C. The second-order valence-electron chi connectivity index (χ2n) is 14.0. The molecule has 0 amide bonds. The van der Waals surface area contributed by atoms with E-state index in [4.69, 9.17) is 4.43 Å². The number of hydrogen-bond acceptors (Lipinski definition) is 1. The van der Waals surface area contributed by atoms with Crippen molar-refractivity contribution in [1.82, 2.24) is 0 Å². The molecule has 246 valence electrons. The molecule has 44 heavy (non-hydrogen) atoms. The quantitative estimate of drug-likeness (QED) is 0.0580. The molecular formula is C42H68OSi. The molecule has 0 saturated carbocycles. The molecule has 0 saturated heterocycles. The first-order valence-corrected chi connectivity index (χ1v) is 20.2. The molecule has 2 rings (SSSR count). The van der Waals surface area contributed by atoms with Crippen LogP contribution in [0, 0.1) is 5.41 Å². The molecule has 0 N–H and O–H groups in total. The third kappa shape index (κ3) is 18.8. The lowest BCUT2D eigenvalue weighted by Gasteiger charge is -2.34. The van der Waals surface area contributed by atoms with Gasteiger partial charge in [0.05, 0.1) is 6.10 Å². The summed E-state index contributed by atoms with van der Waals surface area (Å²) in [6, 6.07) is 21.9. The van der Waals surface area contributed by atoms with E-state index in [-0.39, 0.29) is 5.41 Å². The van der Waals surface area contributed by atoms with Gasteiger partial charge in [-0.05, 0) is 67.2 Å². The minimum Gasteiger partial charge on any atom is -0.407 e. The summed E-state index contributed by atoms with van der Waals surface area (Å²) in [7, 11) is -1.72. The van der Waals surface area contributed by atoms with Crippen LogP contribution in [-0.2, 0) is 4.43 Å².